The molecule has 0 aromatic heterocycles. The third-order valence-corrected chi connectivity index (χ3v) is 4.88. The number of carbonyl (C=O) groups is 2. The summed E-state index contributed by atoms with van der Waals surface area (Å²) < 4.78 is 19.4. The lowest BCUT2D eigenvalue weighted by molar-refractivity contribution is -0.140. The molecule has 0 bridgehead atoms. The minimum absolute atomic E-state index is 0.00134. The lowest BCUT2D eigenvalue weighted by Crippen LogP contribution is -2.48. The molecular formula is C19H27FN2O3. The summed E-state index contributed by atoms with van der Waals surface area (Å²) in [6, 6.07) is 6.30. The third-order valence-electron chi connectivity index (χ3n) is 4.88. The summed E-state index contributed by atoms with van der Waals surface area (Å²) in [5, 5.41) is 5.36. The first-order valence-electron chi connectivity index (χ1n) is 8.85. The molecule has 6 heteroatoms. The SMILES string of the molecule is COC(C)(CNC(=O)C(=O)NC1CCCCCC1)c1ccccc1F. The van der Waals surface area contributed by atoms with Crippen LogP contribution in [0.15, 0.2) is 24.3 Å². The zero-order valence-electron chi connectivity index (χ0n) is 14.9. The molecule has 1 saturated carbocycles. The van der Waals surface area contributed by atoms with E-state index < -0.39 is 23.2 Å². The van der Waals surface area contributed by atoms with Crippen LogP contribution in [0.25, 0.3) is 0 Å². The van der Waals surface area contributed by atoms with E-state index in [0.717, 1.165) is 25.7 Å². The van der Waals surface area contributed by atoms with E-state index in [2.05, 4.69) is 10.6 Å². The average Bonchev–Trinajstić information content (AvgIpc) is 2.88. The van der Waals surface area contributed by atoms with Crippen molar-refractivity contribution in [2.45, 2.75) is 57.1 Å². The van der Waals surface area contributed by atoms with Crippen LogP contribution in [-0.4, -0.2) is 31.5 Å². The summed E-state index contributed by atoms with van der Waals surface area (Å²) in [4.78, 5) is 24.2. The Morgan fingerprint density at radius 1 is 1.16 bits per heavy atom. The second-order valence-corrected chi connectivity index (χ2v) is 6.76. The molecule has 0 saturated heterocycles. The van der Waals surface area contributed by atoms with Crippen molar-refractivity contribution in [3.05, 3.63) is 35.6 Å². The van der Waals surface area contributed by atoms with Gasteiger partial charge >= 0.3 is 11.8 Å². The Kier molecular flexibility index (Phi) is 6.93. The van der Waals surface area contributed by atoms with Crippen LogP contribution in [0, 0.1) is 5.82 Å². The Hall–Kier alpha value is -1.95. The Morgan fingerprint density at radius 3 is 2.40 bits per heavy atom. The number of hydrogen-bond donors (Lipinski definition) is 2. The van der Waals surface area contributed by atoms with Gasteiger partial charge in [-0.2, -0.15) is 0 Å². The quantitative estimate of drug-likeness (QED) is 0.634. The first-order valence-corrected chi connectivity index (χ1v) is 8.85. The minimum atomic E-state index is -1.05. The van der Waals surface area contributed by atoms with Crippen molar-refractivity contribution in [1.29, 1.82) is 0 Å². The zero-order chi connectivity index (χ0) is 18.3. The molecule has 1 fully saturated rings. The molecule has 1 aromatic carbocycles. The highest BCUT2D eigenvalue weighted by Crippen LogP contribution is 2.26. The maximum atomic E-state index is 14.0. The van der Waals surface area contributed by atoms with E-state index in [1.807, 2.05) is 0 Å². The lowest BCUT2D eigenvalue weighted by Gasteiger charge is -2.29. The van der Waals surface area contributed by atoms with Gasteiger partial charge in [0, 0.05) is 18.7 Å². The van der Waals surface area contributed by atoms with Gasteiger partial charge in [-0.05, 0) is 25.8 Å². The predicted octanol–water partition coefficient (Wildman–Crippen LogP) is 2.64. The van der Waals surface area contributed by atoms with Gasteiger partial charge < -0.3 is 15.4 Å². The van der Waals surface area contributed by atoms with E-state index in [0.29, 0.717) is 5.56 Å². The summed E-state index contributed by atoms with van der Waals surface area (Å²) in [5.41, 5.74) is -0.717. The standard InChI is InChI=1S/C19H27FN2O3/c1-19(25-2,15-11-7-8-12-16(15)20)13-21-17(23)18(24)22-14-9-5-3-4-6-10-14/h7-8,11-12,14H,3-6,9-10,13H2,1-2H3,(H,21,23)(H,22,24). The van der Waals surface area contributed by atoms with E-state index in [1.165, 1.54) is 26.0 Å². The van der Waals surface area contributed by atoms with E-state index in [-0.39, 0.29) is 12.6 Å². The summed E-state index contributed by atoms with van der Waals surface area (Å²) in [6.45, 7) is 1.68. The zero-order valence-corrected chi connectivity index (χ0v) is 14.9. The molecule has 1 atom stereocenters. The molecule has 1 aromatic rings. The van der Waals surface area contributed by atoms with Gasteiger partial charge in [-0.15, -0.1) is 0 Å². The van der Waals surface area contributed by atoms with E-state index >= 15 is 0 Å². The van der Waals surface area contributed by atoms with Gasteiger partial charge in [-0.25, -0.2) is 4.39 Å². The topological polar surface area (TPSA) is 67.4 Å². The molecule has 25 heavy (non-hydrogen) atoms. The Bertz CT molecular complexity index is 600. The van der Waals surface area contributed by atoms with Gasteiger partial charge in [0.05, 0.1) is 6.54 Å². The van der Waals surface area contributed by atoms with Crippen LogP contribution in [0.2, 0.25) is 0 Å². The molecule has 2 N–H and O–H groups in total. The predicted molar refractivity (Wildman–Crippen MR) is 93.4 cm³/mol. The maximum Gasteiger partial charge on any atom is 0.309 e. The molecule has 0 radical (unpaired) electrons. The number of benzene rings is 1. The molecule has 5 nitrogen and oxygen atoms in total. The highest BCUT2D eigenvalue weighted by Gasteiger charge is 2.31. The molecule has 0 aliphatic heterocycles. The average molecular weight is 350 g/mol. The molecular weight excluding hydrogens is 323 g/mol. The highest BCUT2D eigenvalue weighted by molar-refractivity contribution is 6.35. The molecule has 1 unspecified atom stereocenters. The number of nitrogens with one attached hydrogen (secondary N) is 2. The Morgan fingerprint density at radius 2 is 1.80 bits per heavy atom. The fourth-order valence-corrected chi connectivity index (χ4v) is 3.17. The molecule has 1 aliphatic carbocycles. The number of amides is 2. The summed E-state index contributed by atoms with van der Waals surface area (Å²) in [5.74, 6) is -1.77. The fourth-order valence-electron chi connectivity index (χ4n) is 3.17. The second kappa shape index (κ2) is 8.94. The third kappa shape index (κ3) is 5.26. The van der Waals surface area contributed by atoms with Crippen LogP contribution in [0.1, 0.15) is 51.0 Å². The van der Waals surface area contributed by atoms with Crippen LogP contribution in [0.3, 0.4) is 0 Å². The number of methoxy groups -OCH3 is 1. The molecule has 2 rings (SSSR count). The van der Waals surface area contributed by atoms with E-state index in [4.69, 9.17) is 4.74 Å². The van der Waals surface area contributed by atoms with E-state index in [1.54, 1.807) is 25.1 Å². The smallest absolute Gasteiger partial charge is 0.309 e. The van der Waals surface area contributed by atoms with Crippen molar-refractivity contribution in [2.75, 3.05) is 13.7 Å². The molecule has 1 aliphatic rings. The normalized spacial score (nSPS) is 18.0. The van der Waals surface area contributed by atoms with Crippen LogP contribution in [0.5, 0.6) is 0 Å². The van der Waals surface area contributed by atoms with Gasteiger partial charge in [0.2, 0.25) is 0 Å². The van der Waals surface area contributed by atoms with Crippen molar-refractivity contribution >= 4 is 11.8 Å². The van der Waals surface area contributed by atoms with Gasteiger partial charge in [0.1, 0.15) is 11.4 Å². The number of halogens is 1. The van der Waals surface area contributed by atoms with Gasteiger partial charge in [0.25, 0.3) is 0 Å². The number of carbonyl (C=O) groups excluding carboxylic acids is 2. The number of ether oxygens (including phenoxy) is 1. The Labute approximate surface area is 148 Å². The van der Waals surface area contributed by atoms with Crippen LogP contribution in [0.4, 0.5) is 4.39 Å². The van der Waals surface area contributed by atoms with Crippen LogP contribution >= 0.6 is 0 Å². The first-order chi connectivity index (χ1) is 12.0. The van der Waals surface area contributed by atoms with Crippen molar-refractivity contribution in [3.63, 3.8) is 0 Å². The van der Waals surface area contributed by atoms with Crippen molar-refractivity contribution in [2.24, 2.45) is 0 Å². The first kappa shape index (κ1) is 19.4. The summed E-state index contributed by atoms with van der Waals surface area (Å²) >= 11 is 0. The minimum Gasteiger partial charge on any atom is -0.372 e. The van der Waals surface area contributed by atoms with E-state index in [9.17, 15) is 14.0 Å². The van der Waals surface area contributed by atoms with Gasteiger partial charge in [0.15, 0.2) is 0 Å². The van der Waals surface area contributed by atoms with Crippen molar-refractivity contribution < 1.29 is 18.7 Å². The lowest BCUT2D eigenvalue weighted by atomic mass is 9.95. The summed E-state index contributed by atoms with van der Waals surface area (Å²) in [6.07, 6.45) is 6.30. The second-order valence-electron chi connectivity index (χ2n) is 6.76. The summed E-state index contributed by atoms with van der Waals surface area (Å²) in [7, 11) is 1.45. The van der Waals surface area contributed by atoms with Gasteiger partial charge in [-0.1, -0.05) is 43.9 Å². The van der Waals surface area contributed by atoms with Crippen LogP contribution < -0.4 is 10.6 Å². The largest absolute Gasteiger partial charge is 0.372 e. The maximum absolute atomic E-state index is 14.0. The van der Waals surface area contributed by atoms with Gasteiger partial charge in [-0.3, -0.25) is 9.59 Å². The molecule has 0 heterocycles. The molecule has 0 spiro atoms. The number of hydrogen-bond acceptors (Lipinski definition) is 3. The fraction of sp³-hybridized carbons (Fsp3) is 0.579. The monoisotopic (exact) mass is 350 g/mol. The van der Waals surface area contributed by atoms with Crippen molar-refractivity contribution in [1.82, 2.24) is 10.6 Å². The Balaban J connectivity index is 1.92. The molecule has 138 valence electrons. The number of rotatable bonds is 5. The van der Waals surface area contributed by atoms with Crippen molar-refractivity contribution in [3.8, 4) is 0 Å². The van der Waals surface area contributed by atoms with Crippen LogP contribution in [-0.2, 0) is 19.9 Å². The molecule has 2 amide bonds. The highest BCUT2D eigenvalue weighted by atomic mass is 19.1.